The Bertz CT molecular complexity index is 1130. The minimum atomic E-state index is -0.372. The number of carbonyl (C=O) groups is 2. The zero-order valence-corrected chi connectivity index (χ0v) is 18.2. The van der Waals surface area contributed by atoms with Gasteiger partial charge in [0.1, 0.15) is 13.2 Å². The van der Waals surface area contributed by atoms with Crippen molar-refractivity contribution in [3.8, 4) is 11.5 Å². The third-order valence-corrected chi connectivity index (χ3v) is 5.68. The summed E-state index contributed by atoms with van der Waals surface area (Å²) >= 11 is 1.35. The molecule has 31 heavy (non-hydrogen) atoms. The number of aryl methyl sites for hydroxylation is 1. The molecule has 0 unspecified atom stereocenters. The maximum atomic E-state index is 12.5. The Morgan fingerprint density at radius 3 is 2.71 bits per heavy atom. The molecule has 1 amide bonds. The van der Waals surface area contributed by atoms with Crippen molar-refractivity contribution in [3.63, 3.8) is 0 Å². The summed E-state index contributed by atoms with van der Waals surface area (Å²) in [5.74, 6) is 0.981. The number of esters is 1. The van der Waals surface area contributed by atoms with E-state index >= 15 is 0 Å². The first-order chi connectivity index (χ1) is 15.1. The number of carbonyl (C=O) groups excluding carboxylic acids is 2. The number of thioether (sulfide) groups is 1. The molecule has 4 rings (SSSR count). The molecule has 0 radical (unpaired) electrons. The summed E-state index contributed by atoms with van der Waals surface area (Å²) in [7, 11) is 0. The number of anilines is 1. The lowest BCUT2D eigenvalue weighted by Gasteiger charge is -2.19. The van der Waals surface area contributed by atoms with E-state index in [2.05, 4.69) is 10.3 Å². The molecule has 1 N–H and O–H groups in total. The van der Waals surface area contributed by atoms with Crippen LogP contribution in [-0.4, -0.2) is 47.0 Å². The molecule has 9 heteroatoms. The van der Waals surface area contributed by atoms with Crippen LogP contribution in [0.25, 0.3) is 11.0 Å². The fourth-order valence-corrected chi connectivity index (χ4v) is 4.19. The highest BCUT2D eigenvalue weighted by atomic mass is 32.2. The number of nitrogens with one attached hydrogen (secondary N) is 1. The van der Waals surface area contributed by atoms with Gasteiger partial charge in [-0.3, -0.25) is 4.79 Å². The van der Waals surface area contributed by atoms with Crippen LogP contribution < -0.4 is 14.8 Å². The second-order valence-corrected chi connectivity index (χ2v) is 7.70. The molecule has 0 aliphatic carbocycles. The van der Waals surface area contributed by atoms with E-state index in [4.69, 9.17) is 14.2 Å². The molecule has 0 saturated carbocycles. The number of nitrogens with zero attached hydrogens (tertiary/aromatic N) is 2. The summed E-state index contributed by atoms with van der Waals surface area (Å²) in [6.45, 7) is 5.81. The molecule has 2 heterocycles. The quantitative estimate of drug-likeness (QED) is 0.441. The topological polar surface area (TPSA) is 91.7 Å². The van der Waals surface area contributed by atoms with Gasteiger partial charge in [-0.1, -0.05) is 11.8 Å². The maximum absolute atomic E-state index is 12.5. The number of aromatic nitrogens is 2. The molecule has 8 nitrogen and oxygen atoms in total. The second kappa shape index (κ2) is 9.30. The first kappa shape index (κ1) is 21.0. The number of rotatable bonds is 7. The molecule has 3 aromatic rings. The van der Waals surface area contributed by atoms with Crippen molar-refractivity contribution in [2.45, 2.75) is 25.5 Å². The standard InChI is InChI=1S/C22H23N3O5S/c1-3-25-17-7-5-14(21(27)28-4-2)11-16(17)24-22(25)31-13-20(26)23-15-6-8-18-19(12-15)30-10-9-29-18/h5-8,11-12H,3-4,9-10,13H2,1-2H3,(H,23,26). The van der Waals surface area contributed by atoms with Gasteiger partial charge in [-0.05, 0) is 44.2 Å². The van der Waals surface area contributed by atoms with Crippen molar-refractivity contribution < 1.29 is 23.8 Å². The summed E-state index contributed by atoms with van der Waals surface area (Å²) in [4.78, 5) is 29.1. The van der Waals surface area contributed by atoms with Crippen molar-refractivity contribution >= 4 is 40.4 Å². The largest absolute Gasteiger partial charge is 0.486 e. The second-order valence-electron chi connectivity index (χ2n) is 6.76. The van der Waals surface area contributed by atoms with Gasteiger partial charge < -0.3 is 24.1 Å². The van der Waals surface area contributed by atoms with Crippen LogP contribution in [0.15, 0.2) is 41.6 Å². The van der Waals surface area contributed by atoms with Crippen LogP contribution in [0.1, 0.15) is 24.2 Å². The van der Waals surface area contributed by atoms with Crippen molar-refractivity contribution in [1.82, 2.24) is 9.55 Å². The Hall–Kier alpha value is -3.20. The predicted octanol–water partition coefficient (Wildman–Crippen LogP) is 3.73. The molecule has 162 valence electrons. The van der Waals surface area contributed by atoms with Crippen LogP contribution in [-0.2, 0) is 16.1 Å². The Balaban J connectivity index is 1.45. The van der Waals surface area contributed by atoms with Gasteiger partial charge in [0.2, 0.25) is 5.91 Å². The average Bonchev–Trinajstić information content (AvgIpc) is 3.14. The lowest BCUT2D eigenvalue weighted by molar-refractivity contribution is -0.113. The van der Waals surface area contributed by atoms with Crippen molar-refractivity contribution in [2.75, 3.05) is 30.9 Å². The summed E-state index contributed by atoms with van der Waals surface area (Å²) in [5.41, 5.74) is 2.72. The number of ether oxygens (including phenoxy) is 3. The molecule has 0 bridgehead atoms. The number of hydrogen-bond acceptors (Lipinski definition) is 7. The van der Waals surface area contributed by atoms with Gasteiger partial charge in [0.05, 0.1) is 29.0 Å². The van der Waals surface area contributed by atoms with E-state index in [0.717, 1.165) is 10.7 Å². The molecule has 1 aliphatic heterocycles. The Morgan fingerprint density at radius 1 is 1.13 bits per heavy atom. The number of fused-ring (bicyclic) bond motifs is 2. The Labute approximate surface area is 183 Å². The Kier molecular flexibility index (Phi) is 6.31. The molecule has 1 aromatic heterocycles. The normalized spacial score (nSPS) is 12.6. The van der Waals surface area contributed by atoms with Crippen molar-refractivity contribution in [3.05, 3.63) is 42.0 Å². The minimum Gasteiger partial charge on any atom is -0.486 e. The van der Waals surface area contributed by atoms with E-state index < -0.39 is 0 Å². The maximum Gasteiger partial charge on any atom is 0.338 e. The van der Waals surface area contributed by atoms with E-state index in [1.807, 2.05) is 17.6 Å². The van der Waals surface area contributed by atoms with Crippen LogP contribution in [0.2, 0.25) is 0 Å². The van der Waals surface area contributed by atoms with Crippen LogP contribution in [0.3, 0.4) is 0 Å². The predicted molar refractivity (Wildman–Crippen MR) is 118 cm³/mol. The summed E-state index contributed by atoms with van der Waals surface area (Å²) in [6.07, 6.45) is 0. The monoisotopic (exact) mass is 441 g/mol. The van der Waals surface area contributed by atoms with Crippen LogP contribution in [0.5, 0.6) is 11.5 Å². The average molecular weight is 442 g/mol. The Morgan fingerprint density at radius 2 is 1.94 bits per heavy atom. The van der Waals surface area contributed by atoms with E-state index in [9.17, 15) is 9.59 Å². The van der Waals surface area contributed by atoms with Crippen LogP contribution in [0.4, 0.5) is 5.69 Å². The fraction of sp³-hybridized carbons (Fsp3) is 0.318. The fourth-order valence-electron chi connectivity index (χ4n) is 3.31. The van der Waals surface area contributed by atoms with Crippen molar-refractivity contribution in [2.24, 2.45) is 0 Å². The molecular formula is C22H23N3O5S. The third kappa shape index (κ3) is 4.61. The van der Waals surface area contributed by atoms with E-state index in [1.54, 1.807) is 37.3 Å². The summed E-state index contributed by atoms with van der Waals surface area (Å²) < 4.78 is 18.1. The highest BCUT2D eigenvalue weighted by Crippen LogP contribution is 2.33. The van der Waals surface area contributed by atoms with E-state index in [0.29, 0.717) is 54.6 Å². The SMILES string of the molecule is CCOC(=O)c1ccc2c(c1)nc(SCC(=O)Nc1ccc3c(c1)OCCO3)n2CC. The number of amides is 1. The molecule has 0 saturated heterocycles. The minimum absolute atomic E-state index is 0.149. The lowest BCUT2D eigenvalue weighted by atomic mass is 10.2. The highest BCUT2D eigenvalue weighted by molar-refractivity contribution is 7.99. The molecule has 0 fully saturated rings. The van der Waals surface area contributed by atoms with Crippen LogP contribution >= 0.6 is 11.8 Å². The van der Waals surface area contributed by atoms with Gasteiger partial charge in [0.25, 0.3) is 0 Å². The molecule has 0 spiro atoms. The zero-order chi connectivity index (χ0) is 21.8. The molecule has 0 atom stereocenters. The van der Waals surface area contributed by atoms with Gasteiger partial charge in [0, 0.05) is 18.3 Å². The number of benzene rings is 2. The van der Waals surface area contributed by atoms with Gasteiger partial charge in [-0.2, -0.15) is 0 Å². The summed E-state index contributed by atoms with van der Waals surface area (Å²) in [6, 6.07) is 10.6. The molecular weight excluding hydrogens is 418 g/mol. The van der Waals surface area contributed by atoms with Crippen LogP contribution in [0, 0.1) is 0 Å². The lowest BCUT2D eigenvalue weighted by Crippen LogP contribution is -2.17. The highest BCUT2D eigenvalue weighted by Gasteiger charge is 2.16. The number of hydrogen-bond donors (Lipinski definition) is 1. The van der Waals surface area contributed by atoms with Gasteiger partial charge in [0.15, 0.2) is 16.7 Å². The molecule has 1 aliphatic rings. The van der Waals surface area contributed by atoms with Gasteiger partial charge >= 0.3 is 5.97 Å². The van der Waals surface area contributed by atoms with Gasteiger partial charge in [-0.25, -0.2) is 9.78 Å². The zero-order valence-electron chi connectivity index (χ0n) is 17.3. The first-order valence-corrected chi connectivity index (χ1v) is 11.1. The van der Waals surface area contributed by atoms with E-state index in [-0.39, 0.29) is 17.6 Å². The smallest absolute Gasteiger partial charge is 0.338 e. The molecule has 2 aromatic carbocycles. The number of imidazole rings is 1. The van der Waals surface area contributed by atoms with Crippen molar-refractivity contribution in [1.29, 1.82) is 0 Å². The summed E-state index contributed by atoms with van der Waals surface area (Å²) in [5, 5.41) is 3.60. The third-order valence-electron chi connectivity index (χ3n) is 4.70. The van der Waals surface area contributed by atoms with Gasteiger partial charge in [-0.15, -0.1) is 0 Å². The first-order valence-electron chi connectivity index (χ1n) is 10.1. The van der Waals surface area contributed by atoms with E-state index in [1.165, 1.54) is 11.8 Å².